The minimum absolute atomic E-state index is 0.0227. The molecule has 0 spiro atoms. The summed E-state index contributed by atoms with van der Waals surface area (Å²) >= 11 is 0. The van der Waals surface area contributed by atoms with Crippen molar-refractivity contribution in [3.63, 3.8) is 0 Å². The van der Waals surface area contributed by atoms with Gasteiger partial charge in [-0.1, -0.05) is 19.3 Å². The Morgan fingerprint density at radius 2 is 2.11 bits per heavy atom. The SMILES string of the molecule is C#CC(CCC)NCC(O)COc1ccc(F)cc1. The molecule has 0 saturated carbocycles. The maximum Gasteiger partial charge on any atom is 0.123 e. The summed E-state index contributed by atoms with van der Waals surface area (Å²) in [4.78, 5) is 0. The van der Waals surface area contributed by atoms with Gasteiger partial charge in [-0.15, -0.1) is 6.42 Å². The minimum atomic E-state index is -0.655. The molecule has 0 saturated heterocycles. The molecule has 0 aliphatic carbocycles. The molecule has 4 heteroatoms. The van der Waals surface area contributed by atoms with Crippen molar-refractivity contribution >= 4 is 0 Å². The Bertz CT molecular complexity index is 400. The molecular weight excluding hydrogens is 245 g/mol. The predicted octanol–water partition coefficient (Wildman–Crippen LogP) is 1.96. The van der Waals surface area contributed by atoms with E-state index in [9.17, 15) is 9.50 Å². The number of ether oxygens (including phenoxy) is 1. The van der Waals surface area contributed by atoms with Gasteiger partial charge in [-0.2, -0.15) is 0 Å². The molecule has 0 amide bonds. The van der Waals surface area contributed by atoms with Crippen molar-refractivity contribution in [3.8, 4) is 18.1 Å². The topological polar surface area (TPSA) is 41.5 Å². The van der Waals surface area contributed by atoms with Crippen LogP contribution in [-0.2, 0) is 0 Å². The van der Waals surface area contributed by atoms with E-state index in [2.05, 4.69) is 18.2 Å². The fourth-order valence-corrected chi connectivity index (χ4v) is 1.59. The molecule has 0 heterocycles. The third kappa shape index (κ3) is 6.23. The van der Waals surface area contributed by atoms with Crippen LogP contribution in [0.3, 0.4) is 0 Å². The Morgan fingerprint density at radius 3 is 2.68 bits per heavy atom. The summed E-state index contributed by atoms with van der Waals surface area (Å²) in [6.45, 7) is 2.57. The van der Waals surface area contributed by atoms with E-state index < -0.39 is 6.10 Å². The first-order valence-corrected chi connectivity index (χ1v) is 6.41. The second-order valence-electron chi connectivity index (χ2n) is 4.33. The Kier molecular flexibility index (Phi) is 6.94. The normalized spacial score (nSPS) is 13.6. The van der Waals surface area contributed by atoms with Gasteiger partial charge in [0.15, 0.2) is 0 Å². The molecule has 0 fully saturated rings. The largest absolute Gasteiger partial charge is 0.491 e. The van der Waals surface area contributed by atoms with E-state index in [1.54, 1.807) is 0 Å². The lowest BCUT2D eigenvalue weighted by Gasteiger charge is -2.16. The van der Waals surface area contributed by atoms with Gasteiger partial charge >= 0.3 is 0 Å². The van der Waals surface area contributed by atoms with Gasteiger partial charge in [0, 0.05) is 6.54 Å². The number of benzene rings is 1. The van der Waals surface area contributed by atoms with E-state index in [1.807, 2.05) is 0 Å². The van der Waals surface area contributed by atoms with E-state index in [0.717, 1.165) is 12.8 Å². The third-order valence-corrected chi connectivity index (χ3v) is 2.63. The third-order valence-electron chi connectivity index (χ3n) is 2.63. The maximum absolute atomic E-state index is 12.7. The second kappa shape index (κ2) is 8.52. The lowest BCUT2D eigenvalue weighted by molar-refractivity contribution is 0.105. The molecule has 2 N–H and O–H groups in total. The molecule has 104 valence electrons. The highest BCUT2D eigenvalue weighted by atomic mass is 19.1. The van der Waals surface area contributed by atoms with Gasteiger partial charge in [-0.3, -0.25) is 0 Å². The van der Waals surface area contributed by atoms with Gasteiger partial charge in [0.05, 0.1) is 6.04 Å². The number of rotatable bonds is 8. The van der Waals surface area contributed by atoms with Crippen molar-refractivity contribution in [2.75, 3.05) is 13.2 Å². The highest BCUT2D eigenvalue weighted by molar-refractivity contribution is 5.22. The number of hydrogen-bond donors (Lipinski definition) is 2. The zero-order chi connectivity index (χ0) is 14.1. The first kappa shape index (κ1) is 15.5. The molecule has 0 bridgehead atoms. The molecule has 2 unspecified atom stereocenters. The van der Waals surface area contributed by atoms with Gasteiger partial charge in [0.2, 0.25) is 0 Å². The van der Waals surface area contributed by atoms with E-state index in [1.165, 1.54) is 24.3 Å². The average Bonchev–Trinajstić information content (AvgIpc) is 2.42. The summed E-state index contributed by atoms with van der Waals surface area (Å²) in [7, 11) is 0. The van der Waals surface area contributed by atoms with E-state index in [4.69, 9.17) is 11.2 Å². The van der Waals surface area contributed by atoms with Crippen LogP contribution in [-0.4, -0.2) is 30.4 Å². The monoisotopic (exact) mass is 265 g/mol. The predicted molar refractivity (Wildman–Crippen MR) is 73.4 cm³/mol. The second-order valence-corrected chi connectivity index (χ2v) is 4.33. The summed E-state index contributed by atoms with van der Waals surface area (Å²) < 4.78 is 18.0. The first-order chi connectivity index (χ1) is 9.15. The van der Waals surface area contributed by atoms with Crippen molar-refractivity contribution in [2.45, 2.75) is 31.9 Å². The molecule has 1 aromatic rings. The van der Waals surface area contributed by atoms with Crippen LogP contribution >= 0.6 is 0 Å². The number of halogens is 1. The van der Waals surface area contributed by atoms with Gasteiger partial charge in [-0.05, 0) is 30.7 Å². The van der Waals surface area contributed by atoms with Crippen LogP contribution in [0, 0.1) is 18.2 Å². The smallest absolute Gasteiger partial charge is 0.123 e. The number of aliphatic hydroxyl groups is 1. The van der Waals surface area contributed by atoms with Gasteiger partial charge in [0.25, 0.3) is 0 Å². The zero-order valence-electron chi connectivity index (χ0n) is 11.1. The fourth-order valence-electron chi connectivity index (χ4n) is 1.59. The van der Waals surface area contributed by atoms with Crippen molar-refractivity contribution in [2.24, 2.45) is 0 Å². The van der Waals surface area contributed by atoms with Crippen LogP contribution in [0.25, 0.3) is 0 Å². The molecule has 2 atom stereocenters. The molecule has 0 aliphatic rings. The van der Waals surface area contributed by atoms with Crippen molar-refractivity contribution in [1.82, 2.24) is 5.32 Å². The number of nitrogens with one attached hydrogen (secondary N) is 1. The van der Waals surface area contributed by atoms with Crippen LogP contribution in [0.2, 0.25) is 0 Å². The Hall–Kier alpha value is -1.57. The quantitative estimate of drug-likeness (QED) is 0.706. The van der Waals surface area contributed by atoms with E-state index >= 15 is 0 Å². The molecule has 19 heavy (non-hydrogen) atoms. The molecule has 3 nitrogen and oxygen atoms in total. The molecule has 1 rings (SSSR count). The highest BCUT2D eigenvalue weighted by Crippen LogP contribution is 2.11. The van der Waals surface area contributed by atoms with Gasteiger partial charge in [0.1, 0.15) is 24.3 Å². The maximum atomic E-state index is 12.7. The lowest BCUT2D eigenvalue weighted by Crippen LogP contribution is -2.37. The van der Waals surface area contributed by atoms with E-state index in [0.29, 0.717) is 12.3 Å². The highest BCUT2D eigenvalue weighted by Gasteiger charge is 2.08. The van der Waals surface area contributed by atoms with Gasteiger partial charge < -0.3 is 15.2 Å². The number of aliphatic hydroxyl groups excluding tert-OH is 1. The van der Waals surface area contributed by atoms with Gasteiger partial charge in [-0.25, -0.2) is 4.39 Å². The Morgan fingerprint density at radius 1 is 1.42 bits per heavy atom. The molecule has 0 aromatic heterocycles. The van der Waals surface area contributed by atoms with Crippen LogP contribution in [0.5, 0.6) is 5.75 Å². The minimum Gasteiger partial charge on any atom is -0.491 e. The lowest BCUT2D eigenvalue weighted by atomic mass is 10.2. The molecular formula is C15H20FNO2. The molecule has 1 aromatic carbocycles. The molecule has 0 aliphatic heterocycles. The summed E-state index contributed by atoms with van der Waals surface area (Å²) in [5, 5.41) is 12.8. The van der Waals surface area contributed by atoms with Crippen molar-refractivity contribution < 1.29 is 14.2 Å². The van der Waals surface area contributed by atoms with Crippen molar-refractivity contribution in [1.29, 1.82) is 0 Å². The van der Waals surface area contributed by atoms with Crippen LogP contribution in [0.4, 0.5) is 4.39 Å². The first-order valence-electron chi connectivity index (χ1n) is 6.41. The fraction of sp³-hybridized carbons (Fsp3) is 0.467. The van der Waals surface area contributed by atoms with E-state index in [-0.39, 0.29) is 18.5 Å². The van der Waals surface area contributed by atoms with Crippen molar-refractivity contribution in [3.05, 3.63) is 30.1 Å². The summed E-state index contributed by atoms with van der Waals surface area (Å²) in [5.41, 5.74) is 0. The number of terminal acetylenes is 1. The number of hydrogen-bond acceptors (Lipinski definition) is 3. The van der Waals surface area contributed by atoms with Crippen LogP contribution < -0.4 is 10.1 Å². The summed E-state index contributed by atoms with van der Waals surface area (Å²) in [6, 6.07) is 5.66. The zero-order valence-corrected chi connectivity index (χ0v) is 11.1. The van der Waals surface area contributed by atoms with Crippen LogP contribution in [0.15, 0.2) is 24.3 Å². The summed E-state index contributed by atoms with van der Waals surface area (Å²) in [6.07, 6.45) is 6.58. The Labute approximate surface area is 113 Å². The standard InChI is InChI=1S/C15H20FNO2/c1-3-5-13(4-2)17-10-14(18)11-19-15-8-6-12(16)7-9-15/h2,6-9,13-14,17-18H,3,5,10-11H2,1H3. The molecule has 0 radical (unpaired) electrons. The van der Waals surface area contributed by atoms with Crippen LogP contribution in [0.1, 0.15) is 19.8 Å². The average molecular weight is 265 g/mol. The summed E-state index contributed by atoms with van der Waals surface area (Å²) in [5.74, 6) is 2.85. The Balaban J connectivity index is 2.26.